The summed E-state index contributed by atoms with van der Waals surface area (Å²) in [6.45, 7) is 12.5. The summed E-state index contributed by atoms with van der Waals surface area (Å²) in [5.74, 6) is 0.661. The van der Waals surface area contributed by atoms with E-state index in [1.165, 1.54) is 31.3 Å². The van der Waals surface area contributed by atoms with Crippen molar-refractivity contribution in [1.29, 1.82) is 0 Å². The van der Waals surface area contributed by atoms with Crippen LogP contribution in [0.4, 0.5) is 0 Å². The van der Waals surface area contributed by atoms with Crippen molar-refractivity contribution >= 4 is 0 Å². The van der Waals surface area contributed by atoms with Gasteiger partial charge in [-0.2, -0.15) is 0 Å². The summed E-state index contributed by atoms with van der Waals surface area (Å²) in [4.78, 5) is 0. The Kier molecular flexibility index (Phi) is 18.2. The third-order valence-electron chi connectivity index (χ3n) is 3.98. The summed E-state index contributed by atoms with van der Waals surface area (Å²) in [5, 5.41) is 6.42. The average Bonchev–Trinajstić information content (AvgIpc) is 2.60. The van der Waals surface area contributed by atoms with Gasteiger partial charge in [-0.15, -0.1) is 0 Å². The van der Waals surface area contributed by atoms with E-state index in [4.69, 9.17) is 14.2 Å². The SMILES string of the molecule is CCCC/C(=C/NCCOCCOCCOCCNC)C(C)CC. The van der Waals surface area contributed by atoms with Crippen LogP contribution >= 0.6 is 0 Å². The summed E-state index contributed by atoms with van der Waals surface area (Å²) < 4.78 is 16.4. The Morgan fingerprint density at radius 3 is 2.04 bits per heavy atom. The number of likely N-dealkylation sites (N-methyl/N-ethyl adjacent to an activating group) is 1. The summed E-state index contributed by atoms with van der Waals surface area (Å²) >= 11 is 0. The molecule has 5 nitrogen and oxygen atoms in total. The Bertz CT molecular complexity index is 286. The van der Waals surface area contributed by atoms with Gasteiger partial charge < -0.3 is 24.8 Å². The van der Waals surface area contributed by atoms with Crippen molar-refractivity contribution in [3.8, 4) is 0 Å². The normalized spacial score (nSPS) is 13.2. The highest BCUT2D eigenvalue weighted by Crippen LogP contribution is 2.19. The van der Waals surface area contributed by atoms with Gasteiger partial charge in [0, 0.05) is 13.1 Å². The Hall–Kier alpha value is -0.620. The predicted octanol–water partition coefficient (Wildman–Crippen LogP) is 2.97. The second-order valence-electron chi connectivity index (χ2n) is 6.03. The molecule has 0 amide bonds. The molecule has 0 spiro atoms. The van der Waals surface area contributed by atoms with Crippen molar-refractivity contribution in [2.75, 3.05) is 59.8 Å². The molecule has 0 aromatic rings. The highest BCUT2D eigenvalue weighted by Gasteiger charge is 2.05. The number of rotatable bonds is 18. The molecule has 144 valence electrons. The molecule has 0 bridgehead atoms. The van der Waals surface area contributed by atoms with Gasteiger partial charge in [-0.1, -0.05) is 32.8 Å². The van der Waals surface area contributed by atoms with Gasteiger partial charge in [-0.3, -0.25) is 0 Å². The largest absolute Gasteiger partial charge is 0.389 e. The average molecular weight is 345 g/mol. The van der Waals surface area contributed by atoms with E-state index >= 15 is 0 Å². The van der Waals surface area contributed by atoms with E-state index in [2.05, 4.69) is 37.6 Å². The zero-order valence-electron chi connectivity index (χ0n) is 16.4. The molecule has 0 radical (unpaired) electrons. The minimum atomic E-state index is 0.625. The third-order valence-corrected chi connectivity index (χ3v) is 3.98. The first-order valence-electron chi connectivity index (χ1n) is 9.56. The van der Waals surface area contributed by atoms with Gasteiger partial charge in [-0.05, 0) is 38.4 Å². The number of hydrogen-bond acceptors (Lipinski definition) is 5. The minimum Gasteiger partial charge on any atom is -0.389 e. The van der Waals surface area contributed by atoms with E-state index in [0.29, 0.717) is 39.0 Å². The molecule has 0 rings (SSSR count). The summed E-state index contributed by atoms with van der Waals surface area (Å²) in [7, 11) is 1.91. The van der Waals surface area contributed by atoms with Crippen molar-refractivity contribution in [1.82, 2.24) is 10.6 Å². The van der Waals surface area contributed by atoms with Crippen LogP contribution in [0, 0.1) is 5.92 Å². The lowest BCUT2D eigenvalue weighted by atomic mass is 9.95. The van der Waals surface area contributed by atoms with Crippen LogP contribution in [0.25, 0.3) is 0 Å². The zero-order chi connectivity index (χ0) is 17.9. The first kappa shape index (κ1) is 23.4. The fourth-order valence-corrected chi connectivity index (χ4v) is 2.15. The van der Waals surface area contributed by atoms with Crippen molar-refractivity contribution < 1.29 is 14.2 Å². The van der Waals surface area contributed by atoms with Crippen LogP contribution in [0.3, 0.4) is 0 Å². The fraction of sp³-hybridized carbons (Fsp3) is 0.895. The molecule has 0 aliphatic heterocycles. The lowest BCUT2D eigenvalue weighted by Crippen LogP contribution is -2.18. The van der Waals surface area contributed by atoms with Crippen LogP contribution in [0.5, 0.6) is 0 Å². The zero-order valence-corrected chi connectivity index (χ0v) is 16.4. The second kappa shape index (κ2) is 18.7. The maximum atomic E-state index is 5.56. The topological polar surface area (TPSA) is 51.8 Å². The van der Waals surface area contributed by atoms with Gasteiger partial charge in [-0.25, -0.2) is 0 Å². The second-order valence-corrected chi connectivity index (χ2v) is 6.03. The first-order valence-corrected chi connectivity index (χ1v) is 9.56. The highest BCUT2D eigenvalue weighted by atomic mass is 16.5. The molecular weight excluding hydrogens is 304 g/mol. The standard InChI is InChI=1S/C19H40N2O3/c1-5-7-8-19(18(3)6-2)17-21-10-12-23-14-16-24-15-13-22-11-9-20-4/h17-18,20-21H,5-16H2,1-4H3/b19-17-. The number of ether oxygens (including phenoxy) is 3. The Morgan fingerprint density at radius 1 is 0.917 bits per heavy atom. The lowest BCUT2D eigenvalue weighted by Gasteiger charge is -2.14. The maximum Gasteiger partial charge on any atom is 0.0701 e. The number of unbranched alkanes of at least 4 members (excludes halogenated alkanes) is 1. The van der Waals surface area contributed by atoms with E-state index in [-0.39, 0.29) is 0 Å². The maximum absolute atomic E-state index is 5.56. The summed E-state index contributed by atoms with van der Waals surface area (Å²) in [5.41, 5.74) is 1.53. The van der Waals surface area contributed by atoms with Gasteiger partial charge in [0.05, 0.1) is 39.6 Å². The van der Waals surface area contributed by atoms with Gasteiger partial charge in [0.1, 0.15) is 0 Å². The number of nitrogens with one attached hydrogen (secondary N) is 2. The van der Waals surface area contributed by atoms with Gasteiger partial charge in [0.2, 0.25) is 0 Å². The summed E-state index contributed by atoms with van der Waals surface area (Å²) in [6, 6.07) is 0. The van der Waals surface area contributed by atoms with Crippen LogP contribution < -0.4 is 10.6 Å². The number of hydrogen-bond donors (Lipinski definition) is 2. The molecule has 5 heteroatoms. The van der Waals surface area contributed by atoms with E-state index < -0.39 is 0 Å². The molecule has 1 atom stereocenters. The fourth-order valence-electron chi connectivity index (χ4n) is 2.15. The molecular formula is C19H40N2O3. The molecule has 0 saturated carbocycles. The Morgan fingerprint density at radius 2 is 1.50 bits per heavy atom. The van der Waals surface area contributed by atoms with E-state index in [1.54, 1.807) is 0 Å². The van der Waals surface area contributed by atoms with Crippen molar-refractivity contribution in [2.45, 2.75) is 46.5 Å². The smallest absolute Gasteiger partial charge is 0.0701 e. The van der Waals surface area contributed by atoms with Gasteiger partial charge in [0.15, 0.2) is 0 Å². The van der Waals surface area contributed by atoms with Crippen LogP contribution in [0.15, 0.2) is 11.8 Å². The van der Waals surface area contributed by atoms with Crippen LogP contribution in [0.1, 0.15) is 46.5 Å². The molecule has 2 N–H and O–H groups in total. The van der Waals surface area contributed by atoms with Crippen LogP contribution in [0.2, 0.25) is 0 Å². The van der Waals surface area contributed by atoms with Crippen molar-refractivity contribution in [3.05, 3.63) is 11.8 Å². The lowest BCUT2D eigenvalue weighted by molar-refractivity contribution is 0.0162. The highest BCUT2D eigenvalue weighted by molar-refractivity contribution is 5.04. The third kappa shape index (κ3) is 14.9. The van der Waals surface area contributed by atoms with E-state index in [1.807, 2.05) is 7.05 Å². The van der Waals surface area contributed by atoms with Gasteiger partial charge in [0.25, 0.3) is 0 Å². The Labute approximate surface area is 149 Å². The molecule has 0 aliphatic rings. The van der Waals surface area contributed by atoms with Crippen molar-refractivity contribution in [3.63, 3.8) is 0 Å². The minimum absolute atomic E-state index is 0.625. The quantitative estimate of drug-likeness (QED) is 0.374. The molecule has 24 heavy (non-hydrogen) atoms. The van der Waals surface area contributed by atoms with Crippen molar-refractivity contribution in [2.24, 2.45) is 5.92 Å². The molecule has 1 unspecified atom stereocenters. The summed E-state index contributed by atoms with van der Waals surface area (Å²) in [6.07, 6.45) is 7.11. The van der Waals surface area contributed by atoms with E-state index in [9.17, 15) is 0 Å². The molecule has 0 heterocycles. The molecule has 0 aromatic heterocycles. The Balaban J connectivity index is 3.48. The van der Waals surface area contributed by atoms with Crippen LogP contribution in [-0.4, -0.2) is 59.8 Å². The first-order chi connectivity index (χ1) is 11.8. The molecule has 0 fully saturated rings. The predicted molar refractivity (Wildman–Crippen MR) is 101 cm³/mol. The molecule has 0 saturated heterocycles. The molecule has 0 aliphatic carbocycles. The monoisotopic (exact) mass is 344 g/mol. The number of allylic oxidation sites excluding steroid dienone is 1. The van der Waals surface area contributed by atoms with Gasteiger partial charge >= 0.3 is 0 Å². The van der Waals surface area contributed by atoms with E-state index in [0.717, 1.165) is 19.7 Å². The van der Waals surface area contributed by atoms with Crippen LogP contribution in [-0.2, 0) is 14.2 Å². The molecule has 0 aromatic carbocycles.